The number of carbonyl (C=O) groups is 4. The average molecular weight is 384 g/mol. The fraction of sp³-hybridized carbons (Fsp3) is 0.200. The fourth-order valence-corrected chi connectivity index (χ4v) is 2.91. The number of hydrogen-bond acceptors (Lipinski definition) is 8. The van der Waals surface area contributed by atoms with Crippen LogP contribution in [-0.4, -0.2) is 38.1 Å². The van der Waals surface area contributed by atoms with Crippen molar-refractivity contribution in [1.82, 2.24) is 0 Å². The maximum Gasteiger partial charge on any atom is 0.337 e. The first-order chi connectivity index (χ1) is 13.3. The van der Waals surface area contributed by atoms with Crippen molar-refractivity contribution in [3.8, 4) is 0 Å². The van der Waals surface area contributed by atoms with Gasteiger partial charge in [-0.1, -0.05) is 24.3 Å². The van der Waals surface area contributed by atoms with Crippen molar-refractivity contribution in [2.75, 3.05) is 14.2 Å². The Morgan fingerprint density at radius 3 is 1.36 bits per heavy atom. The molecule has 0 fully saturated rings. The first-order valence-electron chi connectivity index (χ1n) is 8.05. The number of rotatable bonds is 7. The summed E-state index contributed by atoms with van der Waals surface area (Å²) in [6.07, 6.45) is -0.912. The van der Waals surface area contributed by atoms with Crippen LogP contribution in [0.1, 0.15) is 38.3 Å². The SMILES string of the molecule is COC(=O)c1ccc(C(CC(=O)[O-])(C(=O)[O-])c2ccc(C(=O)OC)cc2)cc1. The van der Waals surface area contributed by atoms with Gasteiger partial charge in [0.1, 0.15) is 0 Å². The Hall–Kier alpha value is -3.68. The number of carboxylic acids is 2. The van der Waals surface area contributed by atoms with E-state index in [9.17, 15) is 29.4 Å². The molecule has 0 radical (unpaired) electrons. The molecule has 0 saturated heterocycles. The number of carboxylic acid groups (broad SMARTS) is 2. The van der Waals surface area contributed by atoms with Crippen LogP contribution < -0.4 is 10.2 Å². The number of carbonyl (C=O) groups excluding carboxylic acids is 4. The Kier molecular flexibility index (Phi) is 6.15. The van der Waals surface area contributed by atoms with E-state index >= 15 is 0 Å². The lowest BCUT2D eigenvalue weighted by Crippen LogP contribution is -2.50. The van der Waals surface area contributed by atoms with Crippen LogP contribution in [0.5, 0.6) is 0 Å². The summed E-state index contributed by atoms with van der Waals surface area (Å²) in [5.74, 6) is -4.55. The van der Waals surface area contributed by atoms with Crippen LogP contribution in [0.15, 0.2) is 48.5 Å². The Labute approximate surface area is 160 Å². The number of benzene rings is 2. The molecule has 0 aromatic heterocycles. The molecular formula is C20H16O8-2. The summed E-state index contributed by atoms with van der Waals surface area (Å²) in [5, 5.41) is 23.5. The number of hydrogen-bond donors (Lipinski definition) is 0. The third-order valence-corrected chi connectivity index (χ3v) is 4.36. The van der Waals surface area contributed by atoms with Gasteiger partial charge in [-0.05, 0) is 35.4 Å². The van der Waals surface area contributed by atoms with Gasteiger partial charge in [0.2, 0.25) is 0 Å². The molecule has 2 aromatic carbocycles. The van der Waals surface area contributed by atoms with E-state index in [1.54, 1.807) is 0 Å². The molecule has 0 aliphatic carbocycles. The van der Waals surface area contributed by atoms with Gasteiger partial charge in [0, 0.05) is 12.4 Å². The molecule has 0 aliphatic heterocycles. The van der Waals surface area contributed by atoms with Gasteiger partial charge in [-0.15, -0.1) is 0 Å². The minimum Gasteiger partial charge on any atom is -0.550 e. The van der Waals surface area contributed by atoms with Gasteiger partial charge in [0.05, 0.1) is 36.7 Å². The van der Waals surface area contributed by atoms with E-state index in [1.807, 2.05) is 0 Å². The molecule has 2 rings (SSSR count). The highest BCUT2D eigenvalue weighted by Crippen LogP contribution is 2.36. The summed E-state index contributed by atoms with van der Waals surface area (Å²) < 4.78 is 9.18. The summed E-state index contributed by atoms with van der Waals surface area (Å²) in [7, 11) is 2.39. The zero-order valence-electron chi connectivity index (χ0n) is 15.1. The van der Waals surface area contributed by atoms with Crippen LogP contribution in [-0.2, 0) is 24.5 Å². The molecule has 0 unspecified atom stereocenters. The predicted molar refractivity (Wildman–Crippen MR) is 91.0 cm³/mol. The smallest absolute Gasteiger partial charge is 0.337 e. The Balaban J connectivity index is 2.63. The second kappa shape index (κ2) is 8.34. The van der Waals surface area contributed by atoms with Crippen molar-refractivity contribution in [2.24, 2.45) is 0 Å². The second-order valence-corrected chi connectivity index (χ2v) is 5.88. The molecule has 0 aliphatic rings. The minimum atomic E-state index is -2.10. The number of aliphatic carboxylic acids is 2. The number of ether oxygens (including phenoxy) is 2. The van der Waals surface area contributed by atoms with Gasteiger partial charge in [0.25, 0.3) is 0 Å². The molecule has 2 aromatic rings. The normalized spacial score (nSPS) is 10.8. The van der Waals surface area contributed by atoms with Gasteiger partial charge in [-0.3, -0.25) is 0 Å². The van der Waals surface area contributed by atoms with Gasteiger partial charge < -0.3 is 29.3 Å². The molecule has 0 N–H and O–H groups in total. The van der Waals surface area contributed by atoms with Gasteiger partial charge in [0.15, 0.2) is 0 Å². The van der Waals surface area contributed by atoms with Crippen molar-refractivity contribution in [3.63, 3.8) is 0 Å². The summed E-state index contributed by atoms with van der Waals surface area (Å²) in [4.78, 5) is 46.7. The van der Waals surface area contributed by atoms with E-state index in [0.29, 0.717) is 0 Å². The molecule has 0 heterocycles. The number of esters is 2. The molecule has 0 saturated carbocycles. The van der Waals surface area contributed by atoms with E-state index in [0.717, 1.165) is 0 Å². The van der Waals surface area contributed by atoms with E-state index in [2.05, 4.69) is 9.47 Å². The third kappa shape index (κ3) is 3.85. The van der Waals surface area contributed by atoms with Crippen molar-refractivity contribution >= 4 is 23.9 Å². The summed E-state index contributed by atoms with van der Waals surface area (Å²) >= 11 is 0. The van der Waals surface area contributed by atoms with Gasteiger partial charge in [-0.2, -0.15) is 0 Å². The second-order valence-electron chi connectivity index (χ2n) is 5.88. The minimum absolute atomic E-state index is 0.0650. The lowest BCUT2D eigenvalue weighted by Gasteiger charge is -2.36. The largest absolute Gasteiger partial charge is 0.550 e. The Morgan fingerprint density at radius 1 is 0.750 bits per heavy atom. The van der Waals surface area contributed by atoms with Crippen LogP contribution in [0.2, 0.25) is 0 Å². The van der Waals surface area contributed by atoms with E-state index < -0.39 is 35.7 Å². The summed E-state index contributed by atoms with van der Waals surface area (Å²) in [5.41, 5.74) is -1.64. The molecule has 0 atom stereocenters. The molecule has 0 spiro atoms. The molecule has 146 valence electrons. The molecule has 8 nitrogen and oxygen atoms in total. The van der Waals surface area contributed by atoms with E-state index in [1.165, 1.54) is 62.8 Å². The van der Waals surface area contributed by atoms with Gasteiger partial charge in [-0.25, -0.2) is 9.59 Å². The maximum atomic E-state index is 12.1. The van der Waals surface area contributed by atoms with Crippen molar-refractivity contribution in [1.29, 1.82) is 0 Å². The van der Waals surface area contributed by atoms with E-state index in [4.69, 9.17) is 0 Å². The van der Waals surface area contributed by atoms with Crippen LogP contribution in [0.3, 0.4) is 0 Å². The lowest BCUT2D eigenvalue weighted by molar-refractivity contribution is -0.321. The predicted octanol–water partition coefficient (Wildman–Crippen LogP) is -0.564. The fourth-order valence-electron chi connectivity index (χ4n) is 2.91. The molecular weight excluding hydrogens is 368 g/mol. The monoisotopic (exact) mass is 384 g/mol. The lowest BCUT2D eigenvalue weighted by atomic mass is 9.71. The highest BCUT2D eigenvalue weighted by molar-refractivity contribution is 5.93. The zero-order chi connectivity index (χ0) is 20.9. The van der Waals surface area contributed by atoms with Crippen molar-refractivity contribution < 1.29 is 38.9 Å². The third-order valence-electron chi connectivity index (χ3n) is 4.36. The summed E-state index contributed by atoms with van der Waals surface area (Å²) in [6.45, 7) is 0. The Bertz CT molecular complexity index is 837. The zero-order valence-corrected chi connectivity index (χ0v) is 15.1. The van der Waals surface area contributed by atoms with Gasteiger partial charge >= 0.3 is 11.9 Å². The van der Waals surface area contributed by atoms with E-state index in [-0.39, 0.29) is 22.3 Å². The average Bonchev–Trinajstić information content (AvgIpc) is 2.70. The highest BCUT2D eigenvalue weighted by Gasteiger charge is 2.36. The van der Waals surface area contributed by atoms with Crippen molar-refractivity contribution in [3.05, 3.63) is 70.8 Å². The number of methoxy groups -OCH3 is 2. The molecule has 8 heteroatoms. The van der Waals surface area contributed by atoms with Crippen LogP contribution in [0, 0.1) is 0 Å². The Morgan fingerprint density at radius 2 is 1.11 bits per heavy atom. The highest BCUT2D eigenvalue weighted by atomic mass is 16.5. The molecule has 28 heavy (non-hydrogen) atoms. The summed E-state index contributed by atoms with van der Waals surface area (Å²) in [6, 6.07) is 10.5. The first-order valence-corrected chi connectivity index (χ1v) is 8.05. The maximum absolute atomic E-state index is 12.1. The molecule has 0 bridgehead atoms. The topological polar surface area (TPSA) is 133 Å². The van der Waals surface area contributed by atoms with Crippen molar-refractivity contribution in [2.45, 2.75) is 11.8 Å². The first kappa shape index (κ1) is 20.6. The quantitative estimate of drug-likeness (QED) is 0.580. The van der Waals surface area contributed by atoms with Crippen LogP contribution in [0.4, 0.5) is 0 Å². The molecule has 0 amide bonds. The van der Waals surface area contributed by atoms with Crippen LogP contribution >= 0.6 is 0 Å². The van der Waals surface area contributed by atoms with Crippen LogP contribution in [0.25, 0.3) is 0 Å². The standard InChI is InChI=1S/C20H18O8/c1-27-17(23)12-3-7-14(8-4-12)20(19(25)26,11-16(21)22)15-9-5-13(6-10-15)18(24)28-2/h3-10H,11H2,1-2H3,(H,21,22)(H,25,26)/p-2.